The second-order valence-corrected chi connectivity index (χ2v) is 3.73. The minimum absolute atomic E-state index is 0.216. The summed E-state index contributed by atoms with van der Waals surface area (Å²) in [4.78, 5) is 0. The van der Waals surface area contributed by atoms with Crippen LogP contribution >= 0.6 is 15.9 Å². The lowest BCUT2D eigenvalue weighted by molar-refractivity contribution is 0.369. The molecule has 0 aliphatic carbocycles. The van der Waals surface area contributed by atoms with Gasteiger partial charge in [-0.05, 0) is 35.0 Å². The number of benzene rings is 1. The number of nitrogens with two attached hydrogens (primary N) is 1. The van der Waals surface area contributed by atoms with Gasteiger partial charge in [0.15, 0.2) is 11.6 Å². The molecular formula is C10H13BrFNO2. The standard InChI is InChI=1S/C10H13BrFNO2/c1-14-7-5-6(3-4-13)10(15-2)9(12)8(7)11/h5H,3-4,13H2,1-2H3. The van der Waals surface area contributed by atoms with Crippen molar-refractivity contribution in [2.75, 3.05) is 20.8 Å². The van der Waals surface area contributed by atoms with Crippen molar-refractivity contribution >= 4 is 15.9 Å². The molecule has 0 radical (unpaired) electrons. The predicted molar refractivity (Wildman–Crippen MR) is 60.0 cm³/mol. The third kappa shape index (κ3) is 2.41. The molecule has 0 atom stereocenters. The van der Waals surface area contributed by atoms with Crippen molar-refractivity contribution in [3.8, 4) is 11.5 Å². The van der Waals surface area contributed by atoms with Gasteiger partial charge in [-0.3, -0.25) is 0 Å². The molecule has 2 N–H and O–H groups in total. The van der Waals surface area contributed by atoms with Gasteiger partial charge in [-0.25, -0.2) is 4.39 Å². The van der Waals surface area contributed by atoms with Crippen LogP contribution in [0.3, 0.4) is 0 Å². The van der Waals surface area contributed by atoms with E-state index in [0.29, 0.717) is 24.3 Å². The van der Waals surface area contributed by atoms with E-state index in [4.69, 9.17) is 15.2 Å². The van der Waals surface area contributed by atoms with Crippen LogP contribution in [0, 0.1) is 5.82 Å². The second kappa shape index (κ2) is 5.32. The van der Waals surface area contributed by atoms with Gasteiger partial charge in [0.25, 0.3) is 0 Å². The molecule has 0 aromatic heterocycles. The predicted octanol–water partition coefficient (Wildman–Crippen LogP) is 2.11. The molecule has 0 bridgehead atoms. The zero-order valence-electron chi connectivity index (χ0n) is 8.64. The van der Waals surface area contributed by atoms with E-state index >= 15 is 0 Å². The molecule has 0 unspecified atom stereocenters. The van der Waals surface area contributed by atoms with E-state index in [1.54, 1.807) is 6.07 Å². The second-order valence-electron chi connectivity index (χ2n) is 2.94. The Bertz CT molecular complexity index is 358. The zero-order valence-corrected chi connectivity index (χ0v) is 10.2. The summed E-state index contributed by atoms with van der Waals surface area (Å²) in [6.45, 7) is 0.431. The Balaban J connectivity index is 3.30. The summed E-state index contributed by atoms with van der Waals surface area (Å²) in [6, 6.07) is 1.72. The first kappa shape index (κ1) is 12.3. The fraction of sp³-hybridized carbons (Fsp3) is 0.400. The van der Waals surface area contributed by atoms with Crippen LogP contribution in [0.4, 0.5) is 4.39 Å². The largest absolute Gasteiger partial charge is 0.495 e. The lowest BCUT2D eigenvalue weighted by Gasteiger charge is -2.13. The minimum Gasteiger partial charge on any atom is -0.495 e. The molecule has 1 rings (SSSR count). The molecule has 0 aliphatic heterocycles. The fourth-order valence-corrected chi connectivity index (χ4v) is 1.80. The molecule has 1 aromatic rings. The average Bonchev–Trinajstić information content (AvgIpc) is 2.24. The molecule has 5 heteroatoms. The summed E-state index contributed by atoms with van der Waals surface area (Å²) in [6.07, 6.45) is 0.545. The van der Waals surface area contributed by atoms with E-state index in [0.717, 1.165) is 0 Å². The highest BCUT2D eigenvalue weighted by Crippen LogP contribution is 2.36. The molecule has 84 valence electrons. The highest BCUT2D eigenvalue weighted by molar-refractivity contribution is 9.10. The summed E-state index contributed by atoms with van der Waals surface area (Å²) < 4.78 is 24.0. The average molecular weight is 278 g/mol. The van der Waals surface area contributed by atoms with E-state index in [2.05, 4.69) is 15.9 Å². The van der Waals surface area contributed by atoms with Crippen LogP contribution in [0.15, 0.2) is 10.5 Å². The van der Waals surface area contributed by atoms with Gasteiger partial charge in [-0.15, -0.1) is 0 Å². The summed E-state index contributed by atoms with van der Waals surface area (Å²) in [5, 5.41) is 0. The number of ether oxygens (including phenoxy) is 2. The van der Waals surface area contributed by atoms with E-state index in [1.165, 1.54) is 14.2 Å². The summed E-state index contributed by atoms with van der Waals surface area (Å²) >= 11 is 3.11. The van der Waals surface area contributed by atoms with Crippen molar-refractivity contribution in [2.45, 2.75) is 6.42 Å². The Morgan fingerprint density at radius 3 is 2.53 bits per heavy atom. The van der Waals surface area contributed by atoms with Gasteiger partial charge >= 0.3 is 0 Å². The Hall–Kier alpha value is -0.810. The van der Waals surface area contributed by atoms with Crippen LogP contribution in [0.2, 0.25) is 0 Å². The van der Waals surface area contributed by atoms with Crippen LogP contribution in [-0.2, 0) is 6.42 Å². The van der Waals surface area contributed by atoms with Gasteiger partial charge in [-0.1, -0.05) is 0 Å². The van der Waals surface area contributed by atoms with Gasteiger partial charge in [0.1, 0.15) is 5.75 Å². The van der Waals surface area contributed by atoms with E-state index in [1.807, 2.05) is 0 Å². The number of methoxy groups -OCH3 is 2. The first-order valence-corrected chi connectivity index (χ1v) is 5.23. The molecule has 0 fully saturated rings. The Kier molecular flexibility index (Phi) is 4.35. The maximum absolute atomic E-state index is 13.7. The van der Waals surface area contributed by atoms with Crippen molar-refractivity contribution < 1.29 is 13.9 Å². The molecule has 0 saturated heterocycles. The third-order valence-corrected chi connectivity index (χ3v) is 2.78. The number of rotatable bonds is 4. The molecule has 0 spiro atoms. The van der Waals surface area contributed by atoms with Crippen LogP contribution in [-0.4, -0.2) is 20.8 Å². The van der Waals surface area contributed by atoms with E-state index < -0.39 is 5.82 Å². The van der Waals surface area contributed by atoms with Crippen molar-refractivity contribution in [2.24, 2.45) is 5.73 Å². The van der Waals surface area contributed by atoms with Gasteiger partial charge < -0.3 is 15.2 Å². The maximum Gasteiger partial charge on any atom is 0.183 e. The molecule has 1 aromatic carbocycles. The van der Waals surface area contributed by atoms with E-state index in [-0.39, 0.29) is 10.2 Å². The lowest BCUT2D eigenvalue weighted by atomic mass is 10.1. The minimum atomic E-state index is -0.458. The Labute approximate surface area is 96.5 Å². The molecule has 0 amide bonds. The summed E-state index contributed by atoms with van der Waals surface area (Å²) in [5.41, 5.74) is 6.14. The van der Waals surface area contributed by atoms with E-state index in [9.17, 15) is 4.39 Å². The summed E-state index contributed by atoms with van der Waals surface area (Å²) in [5.74, 6) is 0.199. The summed E-state index contributed by atoms with van der Waals surface area (Å²) in [7, 11) is 2.91. The van der Waals surface area contributed by atoms with Crippen molar-refractivity contribution in [3.63, 3.8) is 0 Å². The fourth-order valence-electron chi connectivity index (χ4n) is 1.35. The van der Waals surface area contributed by atoms with Gasteiger partial charge in [0.05, 0.1) is 18.7 Å². The monoisotopic (exact) mass is 277 g/mol. The van der Waals surface area contributed by atoms with Crippen molar-refractivity contribution in [1.82, 2.24) is 0 Å². The number of hydrogen-bond donors (Lipinski definition) is 1. The Morgan fingerprint density at radius 1 is 1.40 bits per heavy atom. The van der Waals surface area contributed by atoms with Gasteiger partial charge in [-0.2, -0.15) is 0 Å². The smallest absolute Gasteiger partial charge is 0.183 e. The first-order valence-electron chi connectivity index (χ1n) is 4.44. The third-order valence-electron chi connectivity index (χ3n) is 2.04. The quantitative estimate of drug-likeness (QED) is 0.917. The number of halogens is 2. The molecule has 0 aliphatic rings. The van der Waals surface area contributed by atoms with Crippen molar-refractivity contribution in [3.05, 3.63) is 21.9 Å². The topological polar surface area (TPSA) is 44.5 Å². The van der Waals surface area contributed by atoms with Gasteiger partial charge in [0, 0.05) is 5.56 Å². The van der Waals surface area contributed by atoms with Crippen LogP contribution in [0.1, 0.15) is 5.56 Å². The van der Waals surface area contributed by atoms with Crippen LogP contribution in [0.25, 0.3) is 0 Å². The molecule has 0 heterocycles. The zero-order chi connectivity index (χ0) is 11.4. The SMILES string of the molecule is COc1cc(CCN)c(OC)c(F)c1Br. The lowest BCUT2D eigenvalue weighted by Crippen LogP contribution is -2.06. The highest BCUT2D eigenvalue weighted by atomic mass is 79.9. The molecule has 15 heavy (non-hydrogen) atoms. The van der Waals surface area contributed by atoms with Crippen LogP contribution < -0.4 is 15.2 Å². The van der Waals surface area contributed by atoms with Crippen molar-refractivity contribution in [1.29, 1.82) is 0 Å². The maximum atomic E-state index is 13.7. The van der Waals surface area contributed by atoms with Crippen LogP contribution in [0.5, 0.6) is 11.5 Å². The molecular weight excluding hydrogens is 265 g/mol. The first-order chi connectivity index (χ1) is 7.15. The normalized spacial score (nSPS) is 10.2. The highest BCUT2D eigenvalue weighted by Gasteiger charge is 2.17. The van der Waals surface area contributed by atoms with Gasteiger partial charge in [0.2, 0.25) is 0 Å². The Morgan fingerprint density at radius 2 is 2.07 bits per heavy atom. The number of hydrogen-bond acceptors (Lipinski definition) is 3. The molecule has 0 saturated carbocycles. The molecule has 3 nitrogen and oxygen atoms in total.